The van der Waals surface area contributed by atoms with Gasteiger partial charge in [0.1, 0.15) is 0 Å². The highest BCUT2D eigenvalue weighted by molar-refractivity contribution is 5.89. The number of rotatable bonds is 6. The molecule has 0 unspecified atom stereocenters. The molecule has 1 aliphatic heterocycles. The number of esters is 1. The molecule has 6 rings (SSSR count). The summed E-state index contributed by atoms with van der Waals surface area (Å²) in [5, 5.41) is 0. The predicted octanol–water partition coefficient (Wildman–Crippen LogP) is 4.59. The van der Waals surface area contributed by atoms with Crippen LogP contribution in [0.5, 0.6) is 0 Å². The SMILES string of the molecule is CCOC(=O)c1ccc(N2CCN(CCC34CC5CC(CC(C5)C3)C4)CC2)cc1. The Kier molecular flexibility index (Phi) is 5.32. The van der Waals surface area contributed by atoms with Crippen molar-refractivity contribution >= 4 is 11.7 Å². The van der Waals surface area contributed by atoms with Gasteiger partial charge in [-0.25, -0.2) is 4.79 Å². The monoisotopic (exact) mass is 396 g/mol. The van der Waals surface area contributed by atoms with Crippen molar-refractivity contribution in [1.29, 1.82) is 0 Å². The molecule has 5 fully saturated rings. The molecule has 0 aromatic heterocycles. The molecule has 0 amide bonds. The van der Waals surface area contributed by atoms with E-state index in [1.54, 1.807) is 19.3 Å². The van der Waals surface area contributed by atoms with Crippen molar-refractivity contribution in [1.82, 2.24) is 4.90 Å². The molecule has 158 valence electrons. The van der Waals surface area contributed by atoms with Crippen LogP contribution in [0.25, 0.3) is 0 Å². The van der Waals surface area contributed by atoms with E-state index >= 15 is 0 Å². The standard InChI is InChI=1S/C25H36N2O2/c1-2-29-24(28)22-3-5-23(6-4-22)27-11-9-26(10-12-27)8-7-25-16-19-13-20(17-25)15-21(14-19)18-25/h3-6,19-21H,2,7-18H2,1H3. The normalized spacial score (nSPS) is 33.8. The van der Waals surface area contributed by atoms with Crippen LogP contribution in [0.3, 0.4) is 0 Å². The molecule has 4 nitrogen and oxygen atoms in total. The Bertz CT molecular complexity index is 686. The Morgan fingerprint density at radius 1 is 0.966 bits per heavy atom. The smallest absolute Gasteiger partial charge is 0.338 e. The molecule has 1 saturated heterocycles. The average molecular weight is 397 g/mol. The van der Waals surface area contributed by atoms with Gasteiger partial charge in [0.05, 0.1) is 12.2 Å². The molecule has 29 heavy (non-hydrogen) atoms. The van der Waals surface area contributed by atoms with Crippen LogP contribution in [0.1, 0.15) is 62.2 Å². The number of hydrogen-bond acceptors (Lipinski definition) is 4. The number of carbonyl (C=O) groups excluding carboxylic acids is 1. The van der Waals surface area contributed by atoms with E-state index in [4.69, 9.17) is 4.74 Å². The molecule has 1 aromatic carbocycles. The third kappa shape index (κ3) is 4.05. The highest BCUT2D eigenvalue weighted by Crippen LogP contribution is 2.61. The van der Waals surface area contributed by atoms with E-state index in [9.17, 15) is 4.79 Å². The third-order valence-electron chi connectivity index (χ3n) is 8.24. The number of ether oxygens (including phenoxy) is 1. The van der Waals surface area contributed by atoms with E-state index in [2.05, 4.69) is 21.9 Å². The van der Waals surface area contributed by atoms with Crippen LogP contribution < -0.4 is 4.90 Å². The van der Waals surface area contributed by atoms with Gasteiger partial charge in [-0.3, -0.25) is 4.90 Å². The van der Waals surface area contributed by atoms with Crippen molar-refractivity contribution in [3.05, 3.63) is 29.8 Å². The molecule has 0 spiro atoms. The Morgan fingerprint density at radius 3 is 2.10 bits per heavy atom. The second kappa shape index (κ2) is 7.94. The Morgan fingerprint density at radius 2 is 1.55 bits per heavy atom. The van der Waals surface area contributed by atoms with Crippen molar-refractivity contribution in [2.24, 2.45) is 23.2 Å². The first-order valence-electron chi connectivity index (χ1n) is 11.9. The van der Waals surface area contributed by atoms with Gasteiger partial charge in [0, 0.05) is 31.9 Å². The fraction of sp³-hybridized carbons (Fsp3) is 0.720. The third-order valence-corrected chi connectivity index (χ3v) is 8.24. The van der Waals surface area contributed by atoms with Gasteiger partial charge >= 0.3 is 5.97 Å². The number of carbonyl (C=O) groups is 1. The second-order valence-electron chi connectivity index (χ2n) is 10.3. The first kappa shape index (κ1) is 19.4. The fourth-order valence-corrected chi connectivity index (χ4v) is 7.24. The Labute approximate surface area is 175 Å². The van der Waals surface area contributed by atoms with E-state index in [-0.39, 0.29) is 5.97 Å². The van der Waals surface area contributed by atoms with Crippen molar-refractivity contribution in [3.8, 4) is 0 Å². The molecule has 5 aliphatic rings. The van der Waals surface area contributed by atoms with E-state index in [1.807, 2.05) is 19.1 Å². The van der Waals surface area contributed by atoms with Crippen LogP contribution >= 0.6 is 0 Å². The van der Waals surface area contributed by atoms with Crippen LogP contribution in [-0.2, 0) is 4.74 Å². The van der Waals surface area contributed by atoms with Crippen LogP contribution in [0.15, 0.2) is 24.3 Å². The average Bonchev–Trinajstić information content (AvgIpc) is 2.72. The van der Waals surface area contributed by atoms with Crippen LogP contribution in [-0.4, -0.2) is 50.2 Å². The summed E-state index contributed by atoms with van der Waals surface area (Å²) >= 11 is 0. The van der Waals surface area contributed by atoms with Crippen LogP contribution in [0.4, 0.5) is 5.69 Å². The van der Waals surface area contributed by atoms with Gasteiger partial charge in [-0.15, -0.1) is 0 Å². The van der Waals surface area contributed by atoms with Crippen molar-refractivity contribution in [2.45, 2.75) is 51.9 Å². The predicted molar refractivity (Wildman–Crippen MR) is 116 cm³/mol. The van der Waals surface area contributed by atoms with Crippen molar-refractivity contribution in [3.63, 3.8) is 0 Å². The molecule has 4 heteroatoms. The molecule has 4 bridgehead atoms. The number of hydrogen-bond donors (Lipinski definition) is 0. The Balaban J connectivity index is 1.11. The van der Waals surface area contributed by atoms with Gasteiger partial charge in [-0.2, -0.15) is 0 Å². The molecule has 1 heterocycles. The highest BCUT2D eigenvalue weighted by Gasteiger charge is 2.50. The summed E-state index contributed by atoms with van der Waals surface area (Å²) < 4.78 is 5.08. The fourth-order valence-electron chi connectivity index (χ4n) is 7.24. The van der Waals surface area contributed by atoms with E-state index < -0.39 is 0 Å². The lowest BCUT2D eigenvalue weighted by molar-refractivity contribution is -0.0611. The summed E-state index contributed by atoms with van der Waals surface area (Å²) in [6, 6.07) is 7.92. The molecule has 0 radical (unpaired) electrons. The summed E-state index contributed by atoms with van der Waals surface area (Å²) in [4.78, 5) is 17.0. The highest BCUT2D eigenvalue weighted by atomic mass is 16.5. The lowest BCUT2D eigenvalue weighted by atomic mass is 9.49. The zero-order chi connectivity index (χ0) is 19.8. The summed E-state index contributed by atoms with van der Waals surface area (Å²) in [7, 11) is 0. The van der Waals surface area contributed by atoms with Gasteiger partial charge in [0.15, 0.2) is 0 Å². The minimum atomic E-state index is -0.228. The maximum atomic E-state index is 11.8. The largest absolute Gasteiger partial charge is 0.462 e. The minimum absolute atomic E-state index is 0.228. The number of benzene rings is 1. The number of piperazine rings is 1. The van der Waals surface area contributed by atoms with Gasteiger partial charge < -0.3 is 9.64 Å². The summed E-state index contributed by atoms with van der Waals surface area (Å²) in [5.74, 6) is 2.97. The molecule has 4 saturated carbocycles. The maximum Gasteiger partial charge on any atom is 0.338 e. The lowest BCUT2D eigenvalue weighted by Gasteiger charge is -2.57. The molecule has 0 N–H and O–H groups in total. The van der Waals surface area contributed by atoms with E-state index in [0.29, 0.717) is 17.6 Å². The lowest BCUT2D eigenvalue weighted by Crippen LogP contribution is -2.50. The molecular weight excluding hydrogens is 360 g/mol. The zero-order valence-corrected chi connectivity index (χ0v) is 17.9. The van der Waals surface area contributed by atoms with Crippen molar-refractivity contribution < 1.29 is 9.53 Å². The quantitative estimate of drug-likeness (QED) is 0.659. The molecular formula is C25H36N2O2. The molecule has 1 aromatic rings. The van der Waals surface area contributed by atoms with E-state index in [1.165, 1.54) is 37.9 Å². The summed E-state index contributed by atoms with van der Waals surface area (Å²) in [5.41, 5.74) is 2.57. The number of nitrogens with zero attached hydrogens (tertiary/aromatic N) is 2. The first-order valence-corrected chi connectivity index (χ1v) is 11.9. The topological polar surface area (TPSA) is 32.8 Å². The van der Waals surface area contributed by atoms with Crippen LogP contribution in [0, 0.1) is 23.2 Å². The maximum absolute atomic E-state index is 11.8. The van der Waals surface area contributed by atoms with Crippen LogP contribution in [0.2, 0.25) is 0 Å². The van der Waals surface area contributed by atoms with Gasteiger partial charge in [-0.1, -0.05) is 0 Å². The minimum Gasteiger partial charge on any atom is -0.462 e. The van der Waals surface area contributed by atoms with Gasteiger partial charge in [0.2, 0.25) is 0 Å². The van der Waals surface area contributed by atoms with Gasteiger partial charge in [0.25, 0.3) is 0 Å². The van der Waals surface area contributed by atoms with Crippen molar-refractivity contribution in [2.75, 3.05) is 44.2 Å². The number of anilines is 1. The summed E-state index contributed by atoms with van der Waals surface area (Å²) in [6.45, 7) is 8.04. The Hall–Kier alpha value is -1.55. The van der Waals surface area contributed by atoms with Gasteiger partial charge in [-0.05, 0) is 106 Å². The zero-order valence-electron chi connectivity index (χ0n) is 17.9. The second-order valence-corrected chi connectivity index (χ2v) is 10.3. The molecule has 4 aliphatic carbocycles. The molecule has 0 atom stereocenters. The van der Waals surface area contributed by atoms with E-state index in [0.717, 1.165) is 43.9 Å². The first-order chi connectivity index (χ1) is 14.1. The summed E-state index contributed by atoms with van der Waals surface area (Å²) in [6.07, 6.45) is 10.7.